The molecule has 2 unspecified atom stereocenters. The van der Waals surface area contributed by atoms with Crippen LogP contribution in [0.4, 0.5) is 5.69 Å². The molecule has 7 nitrogen and oxygen atoms in total. The van der Waals surface area contributed by atoms with E-state index in [0.717, 1.165) is 29.2 Å². The van der Waals surface area contributed by atoms with E-state index in [1.165, 1.54) is 0 Å². The lowest BCUT2D eigenvalue weighted by atomic mass is 9.66. The molecule has 6 rings (SSSR count). The number of aliphatic hydroxyl groups excluding tert-OH is 1. The fraction of sp³-hybridized carbons (Fsp3) is 0.395. The lowest BCUT2D eigenvalue weighted by molar-refractivity contribution is -0.156. The van der Waals surface area contributed by atoms with Gasteiger partial charge in [-0.15, -0.1) is 24.9 Å². The molecule has 0 saturated carbocycles. The summed E-state index contributed by atoms with van der Waals surface area (Å²) in [6, 6.07) is 21.6. The molecule has 6 atom stereocenters. The Balaban J connectivity index is 1.43. The Bertz CT molecular complexity index is 1640. The van der Waals surface area contributed by atoms with Crippen molar-refractivity contribution in [3.05, 3.63) is 104 Å². The first-order valence-electron chi connectivity index (χ1n) is 16.2. The number of esters is 1. The summed E-state index contributed by atoms with van der Waals surface area (Å²) >= 11 is 1.60. The Morgan fingerprint density at radius 1 is 1.04 bits per heavy atom. The number of anilines is 1. The lowest BCUT2D eigenvalue weighted by Crippen LogP contribution is -2.56. The van der Waals surface area contributed by atoms with E-state index in [2.05, 4.69) is 13.2 Å². The maximum atomic E-state index is 15.1. The van der Waals surface area contributed by atoms with E-state index in [9.17, 15) is 14.7 Å². The zero-order valence-corrected chi connectivity index (χ0v) is 27.2. The quantitative estimate of drug-likeness (QED) is 0.131. The van der Waals surface area contributed by atoms with Gasteiger partial charge in [-0.2, -0.15) is 0 Å². The number of unbranched alkanes of at least 4 members (excludes halogenated alkanes) is 2. The normalized spacial score (nSPS) is 27.0. The monoisotopic (exact) mass is 638 g/mol. The fourth-order valence-corrected chi connectivity index (χ4v) is 10.3. The summed E-state index contributed by atoms with van der Waals surface area (Å²) in [6.45, 7) is 9.91. The molecular weight excluding hydrogens is 596 g/mol. The molecule has 2 bridgehead atoms. The van der Waals surface area contributed by atoms with E-state index >= 15 is 4.79 Å². The minimum atomic E-state index is -0.911. The summed E-state index contributed by atoms with van der Waals surface area (Å²) in [5.41, 5.74) is 1.44. The molecule has 3 fully saturated rings. The van der Waals surface area contributed by atoms with Crippen LogP contribution in [0.25, 0.3) is 10.8 Å². The maximum Gasteiger partial charge on any atom is 0.311 e. The first-order chi connectivity index (χ1) is 22.3. The van der Waals surface area contributed by atoms with Crippen LogP contribution in [0.1, 0.15) is 50.6 Å². The van der Waals surface area contributed by atoms with Crippen molar-refractivity contribution in [2.45, 2.75) is 60.6 Å². The van der Waals surface area contributed by atoms with Crippen LogP contribution >= 0.6 is 11.8 Å². The van der Waals surface area contributed by atoms with Crippen molar-refractivity contribution >= 4 is 46.0 Å². The van der Waals surface area contributed by atoms with E-state index in [4.69, 9.17) is 4.74 Å². The minimum absolute atomic E-state index is 0.240. The Hall–Kier alpha value is -3.88. The number of aliphatic hydroxyl groups is 1. The lowest BCUT2D eigenvalue weighted by Gasteiger charge is -2.39. The Kier molecular flexibility index (Phi) is 9.12. The minimum Gasteiger partial charge on any atom is -0.465 e. The first-order valence-corrected chi connectivity index (χ1v) is 17.0. The molecule has 0 aliphatic carbocycles. The van der Waals surface area contributed by atoms with E-state index < -0.39 is 33.4 Å². The highest BCUT2D eigenvalue weighted by atomic mass is 32.2. The third kappa shape index (κ3) is 5.35. The van der Waals surface area contributed by atoms with Crippen LogP contribution in [0.5, 0.6) is 0 Å². The molecule has 3 saturated heterocycles. The topological polar surface area (TPSA) is 87.1 Å². The van der Waals surface area contributed by atoms with Gasteiger partial charge < -0.3 is 19.6 Å². The van der Waals surface area contributed by atoms with Crippen molar-refractivity contribution in [1.29, 1.82) is 0 Å². The van der Waals surface area contributed by atoms with Crippen LogP contribution < -0.4 is 4.90 Å². The third-order valence-electron chi connectivity index (χ3n) is 10.1. The number of carbonyl (C=O) groups is 3. The molecule has 0 radical (unpaired) electrons. The summed E-state index contributed by atoms with van der Waals surface area (Å²) < 4.78 is 4.43. The van der Waals surface area contributed by atoms with Gasteiger partial charge in [-0.1, -0.05) is 72.8 Å². The summed E-state index contributed by atoms with van der Waals surface area (Å²) in [5.74, 6) is -2.33. The van der Waals surface area contributed by atoms with Gasteiger partial charge in [0.2, 0.25) is 5.91 Å². The SMILES string of the molecule is C=CCCCCOC(=O)[C@H]1[C@H]2C(=O)N([C@H](CO)c3ccccc3)C(C(=O)N(CC=C)c3ccc4ccccc4c3)C23CC[C@]1(C)S3. The zero-order chi connectivity index (χ0) is 32.5. The number of allylic oxidation sites excluding steroid dienone is 1. The summed E-state index contributed by atoms with van der Waals surface area (Å²) in [6.07, 6.45) is 7.26. The van der Waals surface area contributed by atoms with Gasteiger partial charge in [0, 0.05) is 17.0 Å². The molecule has 1 N–H and O–H groups in total. The van der Waals surface area contributed by atoms with Gasteiger partial charge in [-0.05, 0) is 67.5 Å². The predicted octanol–water partition coefficient (Wildman–Crippen LogP) is 6.47. The fourth-order valence-electron chi connectivity index (χ4n) is 7.96. The number of hydrogen-bond acceptors (Lipinski definition) is 6. The largest absolute Gasteiger partial charge is 0.465 e. The van der Waals surface area contributed by atoms with E-state index in [-0.39, 0.29) is 37.5 Å². The Labute approximate surface area is 275 Å². The number of nitrogens with zero attached hydrogens (tertiary/aromatic N) is 2. The van der Waals surface area contributed by atoms with Gasteiger partial charge in [-0.25, -0.2) is 0 Å². The second-order valence-electron chi connectivity index (χ2n) is 12.8. The van der Waals surface area contributed by atoms with Gasteiger partial charge in [0.15, 0.2) is 0 Å². The van der Waals surface area contributed by atoms with Crippen molar-refractivity contribution in [3.8, 4) is 0 Å². The van der Waals surface area contributed by atoms with Gasteiger partial charge >= 0.3 is 5.97 Å². The van der Waals surface area contributed by atoms with E-state index in [0.29, 0.717) is 24.9 Å². The Morgan fingerprint density at radius 3 is 2.50 bits per heavy atom. The van der Waals surface area contributed by atoms with Crippen LogP contribution in [0.3, 0.4) is 0 Å². The van der Waals surface area contributed by atoms with Crippen molar-refractivity contribution in [1.82, 2.24) is 4.90 Å². The van der Waals surface area contributed by atoms with Crippen LogP contribution in [0.2, 0.25) is 0 Å². The van der Waals surface area contributed by atoms with E-state index in [1.54, 1.807) is 27.6 Å². The van der Waals surface area contributed by atoms with Crippen LogP contribution in [0.15, 0.2) is 98.1 Å². The molecule has 3 aliphatic heterocycles. The van der Waals surface area contributed by atoms with Crippen LogP contribution in [0, 0.1) is 11.8 Å². The van der Waals surface area contributed by atoms with Crippen LogP contribution in [-0.2, 0) is 19.1 Å². The molecule has 3 aromatic rings. The van der Waals surface area contributed by atoms with Gasteiger partial charge in [0.25, 0.3) is 5.91 Å². The van der Waals surface area contributed by atoms with Crippen molar-refractivity contribution in [3.63, 3.8) is 0 Å². The predicted molar refractivity (Wildman–Crippen MR) is 183 cm³/mol. The highest BCUT2D eigenvalue weighted by Crippen LogP contribution is 2.72. The number of carbonyl (C=O) groups excluding carboxylic acids is 3. The molecule has 2 amide bonds. The van der Waals surface area contributed by atoms with Crippen molar-refractivity contribution in [2.75, 3.05) is 24.7 Å². The standard InChI is InChI=1S/C38H42N2O5S/c1-4-6-7-13-23-45-36(44)32-31-34(42)40(30(25-41)27-15-9-8-10-16-27)33(38(31)21-20-37(32,3)46-38)35(43)39(22-5-2)29-19-18-26-14-11-12-17-28(26)24-29/h4-5,8-12,14-19,24,30-33,41H,1-2,6-7,13,20-23,25H2,3H3/t30-,31+,32-,33?,37+,38?/m1/s1. The summed E-state index contributed by atoms with van der Waals surface area (Å²) in [4.78, 5) is 47.1. The van der Waals surface area contributed by atoms with Gasteiger partial charge in [0.1, 0.15) is 6.04 Å². The second kappa shape index (κ2) is 13.1. The third-order valence-corrected chi connectivity index (χ3v) is 12.1. The molecule has 3 heterocycles. The molecule has 240 valence electrons. The van der Waals surface area contributed by atoms with Crippen molar-refractivity contribution < 1.29 is 24.2 Å². The number of benzene rings is 3. The summed E-state index contributed by atoms with van der Waals surface area (Å²) in [5, 5.41) is 12.9. The summed E-state index contributed by atoms with van der Waals surface area (Å²) in [7, 11) is 0. The zero-order valence-electron chi connectivity index (χ0n) is 26.3. The molecule has 8 heteroatoms. The number of likely N-dealkylation sites (tertiary alicyclic amines) is 1. The average Bonchev–Trinajstić information content (AvgIpc) is 3.64. The Morgan fingerprint density at radius 2 is 1.78 bits per heavy atom. The average molecular weight is 639 g/mol. The number of amides is 2. The molecular formula is C38H42N2O5S. The highest BCUT2D eigenvalue weighted by molar-refractivity contribution is 8.02. The molecule has 3 aliphatic rings. The molecule has 3 aromatic carbocycles. The van der Waals surface area contributed by atoms with Crippen LogP contribution in [-0.4, -0.2) is 63.1 Å². The smallest absolute Gasteiger partial charge is 0.311 e. The number of thioether (sulfide) groups is 1. The first kappa shape index (κ1) is 32.1. The molecule has 1 spiro atoms. The van der Waals surface area contributed by atoms with E-state index in [1.807, 2.05) is 85.8 Å². The van der Waals surface area contributed by atoms with Gasteiger partial charge in [0.05, 0.1) is 35.8 Å². The van der Waals surface area contributed by atoms with Gasteiger partial charge in [-0.3, -0.25) is 14.4 Å². The maximum absolute atomic E-state index is 15.1. The number of hydrogen-bond donors (Lipinski definition) is 1. The molecule has 0 aromatic heterocycles. The number of rotatable bonds is 13. The van der Waals surface area contributed by atoms with Crippen molar-refractivity contribution in [2.24, 2.45) is 11.8 Å². The number of fused-ring (bicyclic) bond motifs is 2. The molecule has 46 heavy (non-hydrogen) atoms. The highest BCUT2D eigenvalue weighted by Gasteiger charge is 2.78. The second-order valence-corrected chi connectivity index (χ2v) is 14.7. The number of ether oxygens (including phenoxy) is 1.